The van der Waals surface area contributed by atoms with Gasteiger partial charge in [-0.3, -0.25) is 0 Å². The van der Waals surface area contributed by atoms with Crippen LogP contribution >= 0.6 is 15.9 Å². The van der Waals surface area contributed by atoms with Gasteiger partial charge in [0, 0.05) is 15.5 Å². The minimum Gasteiger partial charge on any atom is -0.399 e. The van der Waals surface area contributed by atoms with Gasteiger partial charge in [0.05, 0.1) is 11.6 Å². The lowest BCUT2D eigenvalue weighted by Crippen LogP contribution is -2.11. The Morgan fingerprint density at radius 1 is 1.08 bits per heavy atom. The van der Waals surface area contributed by atoms with Crippen molar-refractivity contribution >= 4 is 38.3 Å². The van der Waals surface area contributed by atoms with E-state index in [4.69, 9.17) is 15.7 Å². The van der Waals surface area contributed by atoms with E-state index in [0.717, 1.165) is 52.2 Å². The maximum Gasteiger partial charge on any atom is 0.138 e. The van der Waals surface area contributed by atoms with Gasteiger partial charge in [0.25, 0.3) is 0 Å². The van der Waals surface area contributed by atoms with Gasteiger partial charge < -0.3 is 11.1 Å². The SMILES string of the molecule is Cc1cc(N)cc([C@@H](C)Nc2nc(C)nc3c4c(c(Br)cc23)CCC4)c1. The van der Waals surface area contributed by atoms with Crippen molar-refractivity contribution < 1.29 is 0 Å². The second kappa shape index (κ2) is 6.54. The summed E-state index contributed by atoms with van der Waals surface area (Å²) < 4.78 is 1.17. The van der Waals surface area contributed by atoms with Gasteiger partial charge in [-0.2, -0.15) is 0 Å². The molecule has 1 aliphatic rings. The van der Waals surface area contributed by atoms with Crippen LogP contribution in [0.25, 0.3) is 10.9 Å². The molecule has 2 aromatic carbocycles. The van der Waals surface area contributed by atoms with E-state index >= 15 is 0 Å². The number of anilines is 2. The third kappa shape index (κ3) is 3.05. The van der Waals surface area contributed by atoms with Crippen LogP contribution < -0.4 is 11.1 Å². The first-order chi connectivity index (χ1) is 12.4. The molecule has 1 aromatic heterocycles. The molecule has 134 valence electrons. The van der Waals surface area contributed by atoms with E-state index in [1.807, 2.05) is 19.1 Å². The number of fused-ring (bicyclic) bond motifs is 3. The third-order valence-corrected chi connectivity index (χ3v) is 5.80. The fourth-order valence-electron chi connectivity index (χ4n) is 3.92. The van der Waals surface area contributed by atoms with Gasteiger partial charge >= 0.3 is 0 Å². The molecule has 0 fully saturated rings. The zero-order chi connectivity index (χ0) is 18.4. The lowest BCUT2D eigenvalue weighted by Gasteiger charge is -2.19. The van der Waals surface area contributed by atoms with Gasteiger partial charge in [-0.05, 0) is 80.5 Å². The molecule has 4 nitrogen and oxygen atoms in total. The Labute approximate surface area is 162 Å². The molecule has 5 heteroatoms. The predicted octanol–water partition coefficient (Wildman–Crippen LogP) is 5.25. The summed E-state index contributed by atoms with van der Waals surface area (Å²) in [6.45, 7) is 6.17. The highest BCUT2D eigenvalue weighted by atomic mass is 79.9. The molecule has 3 N–H and O–H groups in total. The quantitative estimate of drug-likeness (QED) is 0.578. The number of halogens is 1. The molecule has 0 amide bonds. The topological polar surface area (TPSA) is 63.8 Å². The van der Waals surface area contributed by atoms with Crippen molar-refractivity contribution in [3.05, 3.63) is 56.8 Å². The average Bonchev–Trinajstić information content (AvgIpc) is 3.06. The van der Waals surface area contributed by atoms with Crippen LogP contribution in [0.5, 0.6) is 0 Å². The standard InChI is InChI=1S/C21H23BrN4/c1-11-7-14(9-15(23)8-11)12(2)24-21-18-10-19(22)16-5-4-6-17(16)20(18)25-13(3)26-21/h7-10,12H,4-6,23H2,1-3H3,(H,24,25,26)/t12-/m1/s1. The van der Waals surface area contributed by atoms with Crippen molar-refractivity contribution in [3.63, 3.8) is 0 Å². The Morgan fingerprint density at radius 3 is 2.62 bits per heavy atom. The molecule has 1 heterocycles. The number of nitrogens with two attached hydrogens (primary N) is 1. The molecule has 0 saturated heterocycles. The van der Waals surface area contributed by atoms with Crippen LogP contribution in [0.4, 0.5) is 11.5 Å². The normalized spacial score (nSPS) is 14.5. The highest BCUT2D eigenvalue weighted by Gasteiger charge is 2.21. The fraction of sp³-hybridized carbons (Fsp3) is 0.333. The number of nitrogen functional groups attached to an aromatic ring is 1. The summed E-state index contributed by atoms with van der Waals surface area (Å²) in [5.41, 5.74) is 13.0. The maximum absolute atomic E-state index is 6.03. The highest BCUT2D eigenvalue weighted by Crippen LogP contribution is 2.37. The van der Waals surface area contributed by atoms with Crippen LogP contribution in [0, 0.1) is 13.8 Å². The molecular weight excluding hydrogens is 388 g/mol. The number of rotatable bonds is 3. The molecule has 26 heavy (non-hydrogen) atoms. The maximum atomic E-state index is 6.03. The lowest BCUT2D eigenvalue weighted by atomic mass is 10.0. The zero-order valence-electron chi connectivity index (χ0n) is 15.4. The highest BCUT2D eigenvalue weighted by molar-refractivity contribution is 9.10. The first-order valence-corrected chi connectivity index (χ1v) is 9.84. The van der Waals surface area contributed by atoms with E-state index in [1.54, 1.807) is 0 Å². The molecule has 3 aromatic rings. The fourth-order valence-corrected chi connectivity index (χ4v) is 4.59. The second-order valence-corrected chi connectivity index (χ2v) is 8.08. The smallest absolute Gasteiger partial charge is 0.138 e. The van der Waals surface area contributed by atoms with Crippen LogP contribution in [0.15, 0.2) is 28.7 Å². The lowest BCUT2D eigenvalue weighted by molar-refractivity contribution is 0.870. The summed E-state index contributed by atoms with van der Waals surface area (Å²) in [5, 5.41) is 4.67. The van der Waals surface area contributed by atoms with Crippen molar-refractivity contribution in [1.29, 1.82) is 0 Å². The Hall–Kier alpha value is -2.14. The molecule has 0 aliphatic heterocycles. The van der Waals surface area contributed by atoms with Crippen LogP contribution in [0.3, 0.4) is 0 Å². The van der Waals surface area contributed by atoms with Crippen molar-refractivity contribution in [3.8, 4) is 0 Å². The van der Waals surface area contributed by atoms with E-state index < -0.39 is 0 Å². The molecule has 0 bridgehead atoms. The Bertz CT molecular complexity index is 993. The predicted molar refractivity (Wildman–Crippen MR) is 112 cm³/mol. The number of hydrogen-bond acceptors (Lipinski definition) is 4. The third-order valence-electron chi connectivity index (χ3n) is 5.10. The van der Waals surface area contributed by atoms with E-state index in [9.17, 15) is 0 Å². The van der Waals surface area contributed by atoms with E-state index in [-0.39, 0.29) is 6.04 Å². The number of nitrogens with zero attached hydrogens (tertiary/aromatic N) is 2. The largest absolute Gasteiger partial charge is 0.399 e. The number of benzene rings is 2. The van der Waals surface area contributed by atoms with Crippen molar-refractivity contribution in [2.24, 2.45) is 0 Å². The van der Waals surface area contributed by atoms with Crippen LogP contribution in [0.2, 0.25) is 0 Å². The Morgan fingerprint density at radius 2 is 1.85 bits per heavy atom. The van der Waals surface area contributed by atoms with E-state index in [2.05, 4.69) is 47.2 Å². The first-order valence-electron chi connectivity index (χ1n) is 9.04. The molecule has 0 radical (unpaired) electrons. The minimum atomic E-state index is 0.0988. The van der Waals surface area contributed by atoms with Crippen molar-refractivity contribution in [2.75, 3.05) is 11.1 Å². The van der Waals surface area contributed by atoms with Gasteiger partial charge in [-0.15, -0.1) is 0 Å². The first kappa shape index (κ1) is 17.3. The van der Waals surface area contributed by atoms with Gasteiger partial charge in [0.15, 0.2) is 0 Å². The number of nitrogens with one attached hydrogen (secondary N) is 1. The number of hydrogen-bond donors (Lipinski definition) is 2. The molecule has 4 rings (SSSR count). The zero-order valence-corrected chi connectivity index (χ0v) is 16.9. The van der Waals surface area contributed by atoms with E-state index in [1.165, 1.54) is 22.0 Å². The monoisotopic (exact) mass is 410 g/mol. The summed E-state index contributed by atoms with van der Waals surface area (Å²) in [5.74, 6) is 1.68. The molecule has 0 unspecified atom stereocenters. The van der Waals surface area contributed by atoms with Gasteiger partial charge in [-0.1, -0.05) is 22.0 Å². The van der Waals surface area contributed by atoms with Gasteiger partial charge in [-0.25, -0.2) is 9.97 Å². The Kier molecular flexibility index (Phi) is 4.35. The van der Waals surface area contributed by atoms with Crippen molar-refractivity contribution in [2.45, 2.75) is 46.1 Å². The molecule has 0 saturated carbocycles. The van der Waals surface area contributed by atoms with E-state index in [0.29, 0.717) is 0 Å². The summed E-state index contributed by atoms with van der Waals surface area (Å²) in [7, 11) is 0. The second-order valence-electron chi connectivity index (χ2n) is 7.23. The molecule has 1 aliphatic carbocycles. The van der Waals surface area contributed by atoms with Crippen LogP contribution in [-0.2, 0) is 12.8 Å². The summed E-state index contributed by atoms with van der Waals surface area (Å²) in [4.78, 5) is 9.47. The summed E-state index contributed by atoms with van der Waals surface area (Å²) in [6.07, 6.45) is 3.40. The van der Waals surface area contributed by atoms with Crippen LogP contribution in [-0.4, -0.2) is 9.97 Å². The summed E-state index contributed by atoms with van der Waals surface area (Å²) >= 11 is 3.75. The van der Waals surface area contributed by atoms with Gasteiger partial charge in [0.2, 0.25) is 0 Å². The van der Waals surface area contributed by atoms with Crippen LogP contribution in [0.1, 0.15) is 47.5 Å². The number of aromatic nitrogens is 2. The Balaban J connectivity index is 1.80. The van der Waals surface area contributed by atoms with Crippen molar-refractivity contribution in [1.82, 2.24) is 9.97 Å². The molecule has 0 spiro atoms. The minimum absolute atomic E-state index is 0.0988. The molecule has 1 atom stereocenters. The average molecular weight is 411 g/mol. The number of aryl methyl sites for hydroxylation is 3. The molecular formula is C21H23BrN4. The van der Waals surface area contributed by atoms with Gasteiger partial charge in [0.1, 0.15) is 11.6 Å². The summed E-state index contributed by atoms with van der Waals surface area (Å²) in [6, 6.07) is 8.44.